The highest BCUT2D eigenvalue weighted by molar-refractivity contribution is 5.92. The number of benzene rings is 1. The number of amides is 1. The van der Waals surface area contributed by atoms with E-state index in [1.807, 2.05) is 11.8 Å². The number of carbonyl (C=O) groups is 1. The van der Waals surface area contributed by atoms with Gasteiger partial charge in [0.05, 0.1) is 12.6 Å². The number of anilines is 1. The average Bonchev–Trinajstić information content (AvgIpc) is 3.33. The molecule has 2 aliphatic rings. The minimum absolute atomic E-state index is 0.0493. The molecule has 1 aromatic carbocycles. The molecule has 4 rings (SSSR count). The minimum atomic E-state index is -0.250. The summed E-state index contributed by atoms with van der Waals surface area (Å²) < 4.78 is 5.64. The van der Waals surface area contributed by atoms with Crippen molar-refractivity contribution in [1.82, 2.24) is 19.7 Å². The fourth-order valence-electron chi connectivity index (χ4n) is 4.66. The number of carbonyl (C=O) groups excluding carboxylic acids is 1. The lowest BCUT2D eigenvalue weighted by atomic mass is 10.1. The Bertz CT molecular complexity index is 901. The SMILES string of the molecule is CCc1ccccc1N1CCN(C(=O)c2coc(CN3CCN(C[C@@H](O)CC)CC3)n2)CC1. The van der Waals surface area contributed by atoms with Gasteiger partial charge in [0.2, 0.25) is 5.89 Å². The van der Waals surface area contributed by atoms with Crippen LogP contribution in [0.1, 0.15) is 42.2 Å². The van der Waals surface area contributed by atoms with E-state index in [0.717, 1.165) is 58.7 Å². The van der Waals surface area contributed by atoms with Gasteiger partial charge < -0.3 is 19.3 Å². The fourth-order valence-corrected chi connectivity index (χ4v) is 4.66. The van der Waals surface area contributed by atoms with Gasteiger partial charge in [-0.25, -0.2) is 4.98 Å². The Hall–Kier alpha value is -2.42. The number of hydrogen-bond acceptors (Lipinski definition) is 7. The number of para-hydroxylation sites is 1. The molecular weight excluding hydrogens is 418 g/mol. The first-order chi connectivity index (χ1) is 16.1. The van der Waals surface area contributed by atoms with E-state index in [-0.39, 0.29) is 12.0 Å². The maximum Gasteiger partial charge on any atom is 0.275 e. The molecule has 33 heavy (non-hydrogen) atoms. The van der Waals surface area contributed by atoms with Gasteiger partial charge in [-0.05, 0) is 24.5 Å². The minimum Gasteiger partial charge on any atom is -0.447 e. The van der Waals surface area contributed by atoms with E-state index in [1.165, 1.54) is 17.5 Å². The van der Waals surface area contributed by atoms with Crippen molar-refractivity contribution in [3.8, 4) is 0 Å². The molecule has 0 saturated carbocycles. The number of rotatable bonds is 8. The molecule has 8 heteroatoms. The van der Waals surface area contributed by atoms with Crippen LogP contribution in [-0.2, 0) is 13.0 Å². The number of nitrogens with zero attached hydrogens (tertiary/aromatic N) is 5. The summed E-state index contributed by atoms with van der Waals surface area (Å²) >= 11 is 0. The molecule has 2 aliphatic heterocycles. The van der Waals surface area contributed by atoms with Gasteiger partial charge in [-0.1, -0.05) is 32.0 Å². The maximum absolute atomic E-state index is 13.0. The summed E-state index contributed by atoms with van der Waals surface area (Å²) in [5, 5.41) is 9.85. The largest absolute Gasteiger partial charge is 0.447 e. The Morgan fingerprint density at radius 2 is 1.73 bits per heavy atom. The van der Waals surface area contributed by atoms with Crippen molar-refractivity contribution in [2.75, 3.05) is 63.8 Å². The molecule has 1 N–H and O–H groups in total. The van der Waals surface area contributed by atoms with Crippen LogP contribution in [0.15, 0.2) is 34.9 Å². The molecule has 2 fully saturated rings. The first kappa shape index (κ1) is 23.7. The van der Waals surface area contributed by atoms with E-state index < -0.39 is 0 Å². The van der Waals surface area contributed by atoms with Crippen LogP contribution in [0.5, 0.6) is 0 Å². The third kappa shape index (κ3) is 5.93. The Labute approximate surface area is 196 Å². The lowest BCUT2D eigenvalue weighted by Gasteiger charge is -2.36. The molecule has 2 saturated heterocycles. The predicted octanol–water partition coefficient (Wildman–Crippen LogP) is 2.09. The standard InChI is InChI=1S/C25H37N5O3/c1-3-20-7-5-6-8-23(20)29-13-15-30(16-14-29)25(32)22-19-33-24(26-22)18-28-11-9-27(10-12-28)17-21(31)4-2/h5-8,19,21,31H,3-4,9-18H2,1-2H3/t21-/m0/s1. The van der Waals surface area contributed by atoms with Gasteiger partial charge in [0.25, 0.3) is 5.91 Å². The van der Waals surface area contributed by atoms with Crippen LogP contribution in [0, 0.1) is 0 Å². The Morgan fingerprint density at radius 1 is 1.03 bits per heavy atom. The van der Waals surface area contributed by atoms with E-state index >= 15 is 0 Å². The van der Waals surface area contributed by atoms with Crippen LogP contribution in [0.2, 0.25) is 0 Å². The number of β-amino-alcohol motifs (C(OH)–C–C–N with tert-alkyl or cyclic N) is 1. The van der Waals surface area contributed by atoms with Crippen LogP contribution >= 0.6 is 0 Å². The number of aryl methyl sites for hydroxylation is 1. The van der Waals surface area contributed by atoms with E-state index in [1.54, 1.807) is 0 Å². The summed E-state index contributed by atoms with van der Waals surface area (Å²) in [7, 11) is 0. The number of hydrogen-bond donors (Lipinski definition) is 1. The third-order valence-corrected chi connectivity index (χ3v) is 6.81. The second-order valence-electron chi connectivity index (χ2n) is 9.03. The quantitative estimate of drug-likeness (QED) is 0.653. The lowest BCUT2D eigenvalue weighted by Crippen LogP contribution is -2.49. The van der Waals surface area contributed by atoms with Crippen LogP contribution in [0.3, 0.4) is 0 Å². The number of aromatic nitrogens is 1. The smallest absolute Gasteiger partial charge is 0.275 e. The average molecular weight is 456 g/mol. The zero-order valence-electron chi connectivity index (χ0n) is 19.9. The number of aliphatic hydroxyl groups is 1. The highest BCUT2D eigenvalue weighted by Gasteiger charge is 2.26. The van der Waals surface area contributed by atoms with Gasteiger partial charge in [0.15, 0.2) is 5.69 Å². The monoisotopic (exact) mass is 455 g/mol. The molecule has 1 atom stereocenters. The normalized spacial score (nSPS) is 19.1. The first-order valence-corrected chi connectivity index (χ1v) is 12.3. The van der Waals surface area contributed by atoms with E-state index in [0.29, 0.717) is 31.2 Å². The van der Waals surface area contributed by atoms with Gasteiger partial charge in [-0.15, -0.1) is 0 Å². The van der Waals surface area contributed by atoms with Crippen LogP contribution in [-0.4, -0.2) is 95.7 Å². The maximum atomic E-state index is 13.0. The Balaban J connectivity index is 1.26. The van der Waals surface area contributed by atoms with Crippen molar-refractivity contribution >= 4 is 11.6 Å². The highest BCUT2D eigenvalue weighted by Crippen LogP contribution is 2.23. The summed E-state index contributed by atoms with van der Waals surface area (Å²) in [5.74, 6) is 0.544. The molecule has 0 bridgehead atoms. The van der Waals surface area contributed by atoms with Crippen molar-refractivity contribution in [3.63, 3.8) is 0 Å². The van der Waals surface area contributed by atoms with Crippen molar-refractivity contribution in [2.45, 2.75) is 39.3 Å². The molecule has 3 heterocycles. The molecule has 0 spiro atoms. The Morgan fingerprint density at radius 3 is 2.42 bits per heavy atom. The van der Waals surface area contributed by atoms with Gasteiger partial charge in [0, 0.05) is 64.6 Å². The van der Waals surface area contributed by atoms with Crippen molar-refractivity contribution in [2.24, 2.45) is 0 Å². The number of piperazine rings is 2. The van der Waals surface area contributed by atoms with Crippen molar-refractivity contribution in [1.29, 1.82) is 0 Å². The summed E-state index contributed by atoms with van der Waals surface area (Å²) in [5.41, 5.74) is 3.03. The second kappa shape index (κ2) is 11.1. The number of aliphatic hydroxyl groups excluding tert-OH is 1. The van der Waals surface area contributed by atoms with E-state index in [2.05, 4.69) is 50.9 Å². The van der Waals surface area contributed by atoms with Gasteiger partial charge in [-0.2, -0.15) is 0 Å². The third-order valence-electron chi connectivity index (χ3n) is 6.81. The van der Waals surface area contributed by atoms with Crippen LogP contribution in [0.25, 0.3) is 0 Å². The second-order valence-corrected chi connectivity index (χ2v) is 9.03. The fraction of sp³-hybridized carbons (Fsp3) is 0.600. The predicted molar refractivity (Wildman–Crippen MR) is 128 cm³/mol. The summed E-state index contributed by atoms with van der Waals surface area (Å²) in [4.78, 5) is 26.3. The zero-order valence-corrected chi connectivity index (χ0v) is 19.9. The molecule has 2 aromatic rings. The zero-order chi connectivity index (χ0) is 23.2. The molecule has 0 aliphatic carbocycles. The summed E-state index contributed by atoms with van der Waals surface area (Å²) in [6, 6.07) is 8.52. The number of oxazole rings is 1. The van der Waals surface area contributed by atoms with E-state index in [4.69, 9.17) is 4.42 Å². The summed E-state index contributed by atoms with van der Waals surface area (Å²) in [6.07, 6.45) is 3.05. The summed E-state index contributed by atoms with van der Waals surface area (Å²) in [6.45, 7) is 12.2. The van der Waals surface area contributed by atoms with Crippen molar-refractivity contribution < 1.29 is 14.3 Å². The Kier molecular flexibility index (Phi) is 8.01. The first-order valence-electron chi connectivity index (χ1n) is 12.3. The molecule has 0 radical (unpaired) electrons. The van der Waals surface area contributed by atoms with Gasteiger partial charge in [0.1, 0.15) is 6.26 Å². The van der Waals surface area contributed by atoms with Gasteiger partial charge >= 0.3 is 0 Å². The van der Waals surface area contributed by atoms with Crippen LogP contribution < -0.4 is 4.90 Å². The topological polar surface area (TPSA) is 76.3 Å². The molecular formula is C25H37N5O3. The highest BCUT2D eigenvalue weighted by atomic mass is 16.3. The molecule has 180 valence electrons. The molecule has 8 nitrogen and oxygen atoms in total. The van der Waals surface area contributed by atoms with Gasteiger partial charge in [-0.3, -0.25) is 14.6 Å². The van der Waals surface area contributed by atoms with E-state index in [9.17, 15) is 9.90 Å². The van der Waals surface area contributed by atoms with Crippen LogP contribution in [0.4, 0.5) is 5.69 Å². The van der Waals surface area contributed by atoms with Crippen molar-refractivity contribution in [3.05, 3.63) is 47.7 Å². The molecule has 1 amide bonds. The lowest BCUT2D eigenvalue weighted by molar-refractivity contribution is 0.0658. The molecule has 1 aromatic heterocycles. The molecule has 0 unspecified atom stereocenters.